The van der Waals surface area contributed by atoms with E-state index in [0.29, 0.717) is 57.5 Å². The van der Waals surface area contributed by atoms with E-state index in [9.17, 15) is 9.90 Å². The number of ether oxygens (including phenoxy) is 3. The third-order valence-corrected chi connectivity index (χ3v) is 7.12. The van der Waals surface area contributed by atoms with E-state index in [2.05, 4.69) is 15.3 Å². The predicted octanol–water partition coefficient (Wildman–Crippen LogP) is 4.61. The number of hydrogen-bond acceptors (Lipinski definition) is 10. The molecular formula is C30H31N7O5. The first-order valence-electron chi connectivity index (χ1n) is 13.7. The molecule has 1 fully saturated rings. The SMILES string of the molecule is COc1cc2nc(-c3cccc(N)c3)nc(Nc3ccc4c(cnn4C(=O)O)c3)c2cc1OCCCN1CCOCC1. The van der Waals surface area contributed by atoms with Gasteiger partial charge in [0.1, 0.15) is 5.82 Å². The van der Waals surface area contributed by atoms with E-state index in [1.165, 1.54) is 6.20 Å². The van der Waals surface area contributed by atoms with Gasteiger partial charge in [-0.1, -0.05) is 12.1 Å². The number of nitrogens with one attached hydrogen (secondary N) is 1. The molecule has 0 amide bonds. The maximum atomic E-state index is 11.5. The third kappa shape index (κ3) is 5.76. The number of benzene rings is 3. The van der Waals surface area contributed by atoms with Crippen molar-refractivity contribution in [3.63, 3.8) is 0 Å². The number of morpholine rings is 1. The smallest absolute Gasteiger partial charge is 0.432 e. The zero-order valence-electron chi connectivity index (χ0n) is 23.1. The van der Waals surface area contributed by atoms with Gasteiger partial charge in [0.2, 0.25) is 0 Å². The van der Waals surface area contributed by atoms with E-state index < -0.39 is 6.09 Å². The average Bonchev–Trinajstić information content (AvgIpc) is 3.43. The van der Waals surface area contributed by atoms with Crippen molar-refractivity contribution in [3.8, 4) is 22.9 Å². The summed E-state index contributed by atoms with van der Waals surface area (Å²) < 4.78 is 18.2. The Balaban J connectivity index is 1.35. The highest BCUT2D eigenvalue weighted by Gasteiger charge is 2.17. The summed E-state index contributed by atoms with van der Waals surface area (Å²) in [4.78, 5) is 23.6. The molecule has 6 rings (SSSR count). The fraction of sp³-hybridized carbons (Fsp3) is 0.267. The van der Waals surface area contributed by atoms with Crippen LogP contribution in [0.25, 0.3) is 33.2 Å². The number of carbonyl (C=O) groups is 1. The molecule has 216 valence electrons. The molecule has 0 bridgehead atoms. The topological polar surface area (TPSA) is 150 Å². The molecule has 0 saturated carbocycles. The second-order valence-electron chi connectivity index (χ2n) is 9.94. The van der Waals surface area contributed by atoms with Gasteiger partial charge in [0.05, 0.1) is 44.2 Å². The summed E-state index contributed by atoms with van der Waals surface area (Å²) in [6, 6.07) is 16.4. The summed E-state index contributed by atoms with van der Waals surface area (Å²) in [5.74, 6) is 2.19. The molecule has 4 N–H and O–H groups in total. The summed E-state index contributed by atoms with van der Waals surface area (Å²) in [5, 5.41) is 18.2. The molecule has 0 atom stereocenters. The van der Waals surface area contributed by atoms with Crippen LogP contribution in [-0.2, 0) is 4.74 Å². The molecule has 1 aliphatic heterocycles. The maximum Gasteiger partial charge on any atom is 0.432 e. The second kappa shape index (κ2) is 11.9. The van der Waals surface area contributed by atoms with Gasteiger partial charge < -0.3 is 30.4 Å². The molecule has 1 saturated heterocycles. The van der Waals surface area contributed by atoms with Crippen LogP contribution >= 0.6 is 0 Å². The molecule has 0 unspecified atom stereocenters. The predicted molar refractivity (Wildman–Crippen MR) is 160 cm³/mol. The van der Waals surface area contributed by atoms with Crippen LogP contribution < -0.4 is 20.5 Å². The van der Waals surface area contributed by atoms with Gasteiger partial charge in [0, 0.05) is 53.4 Å². The van der Waals surface area contributed by atoms with E-state index >= 15 is 0 Å². The largest absolute Gasteiger partial charge is 0.493 e. The Morgan fingerprint density at radius 3 is 2.74 bits per heavy atom. The lowest BCUT2D eigenvalue weighted by atomic mass is 10.1. The van der Waals surface area contributed by atoms with Crippen LogP contribution in [0.2, 0.25) is 0 Å². The molecule has 42 heavy (non-hydrogen) atoms. The number of rotatable bonds is 9. The highest BCUT2D eigenvalue weighted by atomic mass is 16.5. The quantitative estimate of drug-likeness (QED) is 0.169. The van der Waals surface area contributed by atoms with Crippen molar-refractivity contribution in [2.75, 3.05) is 57.6 Å². The number of hydrogen-bond donors (Lipinski definition) is 3. The first kappa shape index (κ1) is 27.2. The fourth-order valence-corrected chi connectivity index (χ4v) is 5.01. The molecule has 2 aromatic heterocycles. The third-order valence-electron chi connectivity index (χ3n) is 7.12. The van der Waals surface area contributed by atoms with Crippen LogP contribution in [0.5, 0.6) is 11.5 Å². The molecule has 3 heterocycles. The van der Waals surface area contributed by atoms with Crippen molar-refractivity contribution >= 4 is 45.1 Å². The maximum absolute atomic E-state index is 11.5. The van der Waals surface area contributed by atoms with Crippen molar-refractivity contribution in [2.24, 2.45) is 0 Å². The minimum absolute atomic E-state index is 0.485. The standard InChI is InChI=1S/C30H31N7O5/c1-40-26-17-24-23(16-27(26)42-11-3-8-36-9-12-41-13-10-36)29(35-28(34-24)19-4-2-5-21(31)14-19)33-22-6-7-25-20(15-22)18-32-37(25)30(38)39/h2,4-7,14-18H,3,8-13,31H2,1H3,(H,38,39)(H,33,34,35). The van der Waals surface area contributed by atoms with Gasteiger partial charge in [0.15, 0.2) is 17.3 Å². The van der Waals surface area contributed by atoms with E-state index in [1.807, 2.05) is 42.5 Å². The Hall–Kier alpha value is -4.94. The van der Waals surface area contributed by atoms with Gasteiger partial charge in [-0.05, 0) is 42.8 Å². The summed E-state index contributed by atoms with van der Waals surface area (Å²) in [7, 11) is 1.60. The first-order valence-corrected chi connectivity index (χ1v) is 13.7. The van der Waals surface area contributed by atoms with Gasteiger partial charge in [0.25, 0.3) is 0 Å². The lowest BCUT2D eigenvalue weighted by Crippen LogP contribution is -2.37. The van der Waals surface area contributed by atoms with Crippen LogP contribution in [0.15, 0.2) is 60.8 Å². The number of carboxylic acid groups (broad SMARTS) is 1. The normalized spacial score (nSPS) is 13.8. The highest BCUT2D eigenvalue weighted by Crippen LogP contribution is 2.37. The second-order valence-corrected chi connectivity index (χ2v) is 9.94. The Morgan fingerprint density at radius 1 is 1.10 bits per heavy atom. The van der Waals surface area contributed by atoms with E-state index in [-0.39, 0.29) is 0 Å². The molecule has 5 aromatic rings. The zero-order chi connectivity index (χ0) is 29.1. The molecule has 12 heteroatoms. The van der Waals surface area contributed by atoms with Crippen molar-refractivity contribution < 1.29 is 24.1 Å². The van der Waals surface area contributed by atoms with Gasteiger partial charge in [-0.25, -0.2) is 14.8 Å². The number of aromatic nitrogens is 4. The minimum atomic E-state index is -1.15. The highest BCUT2D eigenvalue weighted by molar-refractivity contribution is 5.96. The summed E-state index contributed by atoms with van der Waals surface area (Å²) in [5.41, 5.74) is 9.26. The number of nitrogens with zero attached hydrogens (tertiary/aromatic N) is 5. The average molecular weight is 570 g/mol. The summed E-state index contributed by atoms with van der Waals surface area (Å²) >= 11 is 0. The summed E-state index contributed by atoms with van der Waals surface area (Å²) in [6.07, 6.45) is 1.23. The van der Waals surface area contributed by atoms with E-state index in [0.717, 1.165) is 54.9 Å². The molecular weight excluding hydrogens is 538 g/mol. The monoisotopic (exact) mass is 569 g/mol. The molecule has 3 aromatic carbocycles. The van der Waals surface area contributed by atoms with Gasteiger partial charge >= 0.3 is 6.09 Å². The fourth-order valence-electron chi connectivity index (χ4n) is 5.01. The van der Waals surface area contributed by atoms with Crippen LogP contribution in [-0.4, -0.2) is 82.4 Å². The number of nitrogens with two attached hydrogens (primary N) is 1. The van der Waals surface area contributed by atoms with Crippen LogP contribution in [0, 0.1) is 0 Å². The first-order chi connectivity index (χ1) is 20.5. The number of anilines is 3. The molecule has 12 nitrogen and oxygen atoms in total. The molecule has 0 aliphatic carbocycles. The van der Waals surface area contributed by atoms with Crippen LogP contribution in [0.4, 0.5) is 22.0 Å². The lowest BCUT2D eigenvalue weighted by molar-refractivity contribution is 0.0357. The van der Waals surface area contributed by atoms with Crippen molar-refractivity contribution in [2.45, 2.75) is 6.42 Å². The number of fused-ring (bicyclic) bond motifs is 2. The zero-order valence-corrected chi connectivity index (χ0v) is 23.1. The van der Waals surface area contributed by atoms with E-state index in [1.54, 1.807) is 19.2 Å². The van der Waals surface area contributed by atoms with Crippen LogP contribution in [0.3, 0.4) is 0 Å². The number of methoxy groups -OCH3 is 1. The van der Waals surface area contributed by atoms with Gasteiger partial charge in [-0.15, -0.1) is 0 Å². The van der Waals surface area contributed by atoms with E-state index in [4.69, 9.17) is 29.9 Å². The number of nitrogen functional groups attached to an aromatic ring is 1. The Kier molecular flexibility index (Phi) is 7.71. The van der Waals surface area contributed by atoms with Gasteiger partial charge in [-0.2, -0.15) is 9.78 Å². The Bertz CT molecular complexity index is 1750. The molecule has 1 aliphatic rings. The molecule has 0 radical (unpaired) electrons. The van der Waals surface area contributed by atoms with Crippen molar-refractivity contribution in [3.05, 3.63) is 60.8 Å². The molecule has 0 spiro atoms. The van der Waals surface area contributed by atoms with Crippen molar-refractivity contribution in [1.29, 1.82) is 0 Å². The minimum Gasteiger partial charge on any atom is -0.493 e. The lowest BCUT2D eigenvalue weighted by Gasteiger charge is -2.26. The van der Waals surface area contributed by atoms with Crippen LogP contribution in [0.1, 0.15) is 6.42 Å². The Labute approximate surface area is 241 Å². The Morgan fingerprint density at radius 2 is 1.95 bits per heavy atom. The summed E-state index contributed by atoms with van der Waals surface area (Å²) in [6.45, 7) is 4.85. The van der Waals surface area contributed by atoms with Crippen molar-refractivity contribution in [1.82, 2.24) is 24.6 Å². The van der Waals surface area contributed by atoms with Gasteiger partial charge in [-0.3, -0.25) is 4.90 Å².